The van der Waals surface area contributed by atoms with Crippen molar-refractivity contribution < 1.29 is 42.3 Å². The normalized spacial score (nSPS) is 24.9. The molecule has 3 nitrogen and oxygen atoms in total. The first-order valence-corrected chi connectivity index (χ1v) is 5.21. The topological polar surface area (TPSA) is 37.4 Å². The van der Waals surface area contributed by atoms with Gasteiger partial charge in [-0.2, -0.15) is 0 Å². The van der Waals surface area contributed by atoms with E-state index in [1.165, 1.54) is 0 Å². The predicted molar refractivity (Wildman–Crippen MR) is 54.6 cm³/mol. The van der Waals surface area contributed by atoms with Crippen molar-refractivity contribution in [2.75, 3.05) is 6.54 Å². The number of ketones is 1. The fourth-order valence-corrected chi connectivity index (χ4v) is 2.17. The molecule has 0 aliphatic carbocycles. The summed E-state index contributed by atoms with van der Waals surface area (Å²) < 4.78 is 0. The van der Waals surface area contributed by atoms with E-state index in [1.54, 1.807) is 11.8 Å². The first kappa shape index (κ1) is 15.2. The molecule has 1 unspecified atom stereocenters. The van der Waals surface area contributed by atoms with Crippen LogP contribution in [0.3, 0.4) is 0 Å². The minimum atomic E-state index is -0.535. The van der Waals surface area contributed by atoms with Crippen molar-refractivity contribution >= 4 is 11.7 Å². The molecule has 1 saturated heterocycles. The predicted octanol–water partition coefficient (Wildman–Crippen LogP) is 1.57. The zero-order valence-electron chi connectivity index (χ0n) is 9.75. The van der Waals surface area contributed by atoms with Gasteiger partial charge in [-0.1, -0.05) is 13.8 Å². The van der Waals surface area contributed by atoms with Crippen molar-refractivity contribution in [1.82, 2.24) is 4.90 Å². The minimum Gasteiger partial charge on any atom is -0.362 e. The van der Waals surface area contributed by atoms with Gasteiger partial charge in [0.2, 0.25) is 5.91 Å². The Bertz CT molecular complexity index is 255. The largest absolute Gasteiger partial charge is 0.362 e. The molecule has 0 spiro atoms. The van der Waals surface area contributed by atoms with E-state index in [9.17, 15) is 9.59 Å². The van der Waals surface area contributed by atoms with Crippen molar-refractivity contribution in [3.63, 3.8) is 0 Å². The molecule has 0 N–H and O–H groups in total. The maximum absolute atomic E-state index is 11.6. The number of carbonyl (C=O) groups excluding carboxylic acids is 2. The summed E-state index contributed by atoms with van der Waals surface area (Å²) in [6, 6.07) is 0. The molecule has 1 aliphatic rings. The van der Waals surface area contributed by atoms with Crippen molar-refractivity contribution in [2.24, 2.45) is 0 Å². The summed E-state index contributed by atoms with van der Waals surface area (Å²) in [5.74, 6) is 0.186. The Labute approximate surface area is 117 Å². The van der Waals surface area contributed by atoms with Crippen molar-refractivity contribution in [1.29, 1.82) is 0 Å². The van der Waals surface area contributed by atoms with E-state index in [0.717, 1.165) is 0 Å². The third kappa shape index (κ3) is 2.68. The second kappa shape index (κ2) is 6.10. The third-order valence-electron chi connectivity index (χ3n) is 3.15. The summed E-state index contributed by atoms with van der Waals surface area (Å²) in [4.78, 5) is 25.0. The third-order valence-corrected chi connectivity index (χ3v) is 3.15. The second-order valence-electron chi connectivity index (χ2n) is 3.79. The zero-order chi connectivity index (χ0) is 10.8. The SMILES string of the molecule is CCC(=O)N1C[CH-]CC1(CC)C(C)=O.[Y]. The van der Waals surface area contributed by atoms with Gasteiger partial charge < -0.3 is 11.3 Å². The molecule has 1 aliphatic heterocycles. The summed E-state index contributed by atoms with van der Waals surface area (Å²) in [5, 5.41) is 0. The van der Waals surface area contributed by atoms with Gasteiger partial charge in [0, 0.05) is 39.1 Å². The molecule has 1 radical (unpaired) electrons. The maximum atomic E-state index is 11.6. The number of likely N-dealkylation sites (tertiary alicyclic amines) is 1. The number of carbonyl (C=O) groups is 2. The van der Waals surface area contributed by atoms with E-state index in [1.807, 2.05) is 20.3 Å². The van der Waals surface area contributed by atoms with Gasteiger partial charge in [-0.05, 0) is 13.3 Å². The van der Waals surface area contributed by atoms with Gasteiger partial charge in [0.15, 0.2) is 5.78 Å². The molecule has 83 valence electrons. The Morgan fingerprint density at radius 1 is 1.40 bits per heavy atom. The van der Waals surface area contributed by atoms with Crippen LogP contribution < -0.4 is 0 Å². The second-order valence-corrected chi connectivity index (χ2v) is 3.79. The zero-order valence-corrected chi connectivity index (χ0v) is 12.6. The standard InChI is InChI=1S/C11H18NO2.Y/c1-4-10(14)12-8-6-7-11(12,5-2)9(3)13;/h6H,4-5,7-8H2,1-3H3;/q-1;. The van der Waals surface area contributed by atoms with Gasteiger partial charge in [0.25, 0.3) is 0 Å². The molecular weight excluding hydrogens is 267 g/mol. The maximum Gasteiger partial charge on any atom is 0.220 e. The summed E-state index contributed by atoms with van der Waals surface area (Å²) >= 11 is 0. The van der Waals surface area contributed by atoms with Crippen LogP contribution in [0.25, 0.3) is 0 Å². The summed E-state index contributed by atoms with van der Waals surface area (Å²) in [7, 11) is 0. The monoisotopic (exact) mass is 285 g/mol. The molecule has 0 aromatic heterocycles. The van der Waals surface area contributed by atoms with Gasteiger partial charge in [0.1, 0.15) is 0 Å². The van der Waals surface area contributed by atoms with Crippen LogP contribution in [0.1, 0.15) is 40.0 Å². The van der Waals surface area contributed by atoms with Crippen LogP contribution >= 0.6 is 0 Å². The van der Waals surface area contributed by atoms with Gasteiger partial charge >= 0.3 is 0 Å². The van der Waals surface area contributed by atoms with Crippen molar-refractivity contribution in [3.8, 4) is 0 Å². The number of nitrogens with zero attached hydrogens (tertiary/aromatic N) is 1. The van der Waals surface area contributed by atoms with Crippen LogP contribution in [0.5, 0.6) is 0 Å². The van der Waals surface area contributed by atoms with E-state index in [4.69, 9.17) is 0 Å². The van der Waals surface area contributed by atoms with Gasteiger partial charge in [0.05, 0.1) is 5.54 Å². The Morgan fingerprint density at radius 2 is 2.00 bits per heavy atom. The first-order chi connectivity index (χ1) is 6.58. The summed E-state index contributed by atoms with van der Waals surface area (Å²) in [6.07, 6.45) is 3.93. The molecule has 15 heavy (non-hydrogen) atoms. The quantitative estimate of drug-likeness (QED) is 0.738. The van der Waals surface area contributed by atoms with Crippen LogP contribution in [0.15, 0.2) is 0 Å². The molecule has 0 saturated carbocycles. The molecule has 1 amide bonds. The molecule has 1 heterocycles. The Morgan fingerprint density at radius 3 is 2.40 bits per heavy atom. The molecule has 0 aromatic rings. The first-order valence-electron chi connectivity index (χ1n) is 5.21. The minimum absolute atomic E-state index is 0. The molecule has 0 bridgehead atoms. The molecule has 1 rings (SSSR count). The van der Waals surface area contributed by atoms with E-state index >= 15 is 0 Å². The van der Waals surface area contributed by atoms with Gasteiger partial charge in [-0.3, -0.25) is 9.59 Å². The van der Waals surface area contributed by atoms with Crippen LogP contribution in [-0.2, 0) is 42.3 Å². The fraction of sp³-hybridized carbons (Fsp3) is 0.727. The molecule has 4 heteroatoms. The summed E-state index contributed by atoms with van der Waals surface area (Å²) in [5.41, 5.74) is -0.535. The van der Waals surface area contributed by atoms with Crippen molar-refractivity contribution in [2.45, 2.75) is 45.6 Å². The van der Waals surface area contributed by atoms with E-state index in [-0.39, 0.29) is 44.4 Å². The smallest absolute Gasteiger partial charge is 0.220 e. The number of amides is 1. The molecular formula is C11H18NO2Y-. The van der Waals surface area contributed by atoms with Crippen molar-refractivity contribution in [3.05, 3.63) is 6.42 Å². The Balaban J connectivity index is 0.00000196. The van der Waals surface area contributed by atoms with Gasteiger partial charge in [-0.25, -0.2) is 0 Å². The van der Waals surface area contributed by atoms with Crippen LogP contribution in [-0.4, -0.2) is 28.7 Å². The van der Waals surface area contributed by atoms with Crippen LogP contribution in [0, 0.1) is 6.42 Å². The molecule has 1 atom stereocenters. The van der Waals surface area contributed by atoms with E-state index in [2.05, 4.69) is 0 Å². The Kier molecular flexibility index (Phi) is 6.20. The number of Topliss-reactive ketones (excluding diaryl/α,β-unsaturated/α-hetero) is 1. The molecule has 0 aromatic carbocycles. The van der Waals surface area contributed by atoms with Gasteiger partial charge in [-0.15, -0.1) is 13.0 Å². The average Bonchev–Trinajstić information content (AvgIpc) is 2.61. The van der Waals surface area contributed by atoms with Crippen LogP contribution in [0.4, 0.5) is 0 Å². The van der Waals surface area contributed by atoms with E-state index < -0.39 is 5.54 Å². The molecule has 1 fully saturated rings. The number of hydrogen-bond donors (Lipinski definition) is 0. The summed E-state index contributed by atoms with van der Waals surface area (Å²) in [6.45, 7) is 6.01. The number of rotatable bonds is 3. The van der Waals surface area contributed by atoms with Crippen LogP contribution in [0.2, 0.25) is 0 Å². The Hall–Kier alpha value is 0.244. The fourth-order valence-electron chi connectivity index (χ4n) is 2.17. The van der Waals surface area contributed by atoms with E-state index in [0.29, 0.717) is 25.8 Å². The number of hydrogen-bond acceptors (Lipinski definition) is 2. The average molecular weight is 285 g/mol.